The lowest BCUT2D eigenvalue weighted by Crippen LogP contribution is -2.46. The zero-order chi connectivity index (χ0) is 27.5. The van der Waals surface area contributed by atoms with Crippen LogP contribution in [0.4, 0.5) is 22.0 Å². The van der Waals surface area contributed by atoms with Crippen molar-refractivity contribution in [2.45, 2.75) is 63.1 Å². The number of amides is 1. The lowest BCUT2D eigenvalue weighted by Gasteiger charge is -2.31. The molecule has 1 aliphatic carbocycles. The molecule has 1 N–H and O–H groups in total. The zero-order valence-electron chi connectivity index (χ0n) is 20.8. The van der Waals surface area contributed by atoms with Gasteiger partial charge in [0.2, 0.25) is 0 Å². The van der Waals surface area contributed by atoms with E-state index in [1.54, 1.807) is 0 Å². The maximum atomic E-state index is 15.0. The van der Waals surface area contributed by atoms with Gasteiger partial charge in [0.05, 0.1) is 28.8 Å². The molecule has 2 heterocycles. The van der Waals surface area contributed by atoms with E-state index in [4.69, 9.17) is 4.98 Å². The molecule has 0 unspecified atom stereocenters. The fourth-order valence-corrected chi connectivity index (χ4v) is 5.02. The predicted octanol–water partition coefficient (Wildman–Crippen LogP) is 5.67. The molecule has 10 heteroatoms. The van der Waals surface area contributed by atoms with Crippen LogP contribution in [0, 0.1) is 0 Å². The number of benzene rings is 2. The summed E-state index contributed by atoms with van der Waals surface area (Å²) in [6, 6.07) is 10.7. The van der Waals surface area contributed by atoms with Crippen LogP contribution >= 0.6 is 0 Å². The van der Waals surface area contributed by atoms with Crippen molar-refractivity contribution in [1.82, 2.24) is 14.9 Å². The summed E-state index contributed by atoms with van der Waals surface area (Å²) in [6.07, 6.45) is -3.13. The standard InChI is InChI=1S/C28H26F5N3O2/c1-16(2)17-5-3-6-18(13-17)26(10-11-26)24-34-22-9-12-36(15-21(22)23(37)35-24)25(38)27(29,30)19-7-4-8-20(14-19)28(31,32)33/h3-8,13-14,16H,9-12,15H2,1-2H3,(H,34,35,37). The van der Waals surface area contributed by atoms with Crippen LogP contribution in [-0.4, -0.2) is 27.3 Å². The van der Waals surface area contributed by atoms with E-state index in [0.29, 0.717) is 23.5 Å². The highest BCUT2D eigenvalue weighted by molar-refractivity contribution is 5.85. The number of nitrogens with one attached hydrogen (secondary N) is 1. The van der Waals surface area contributed by atoms with E-state index in [2.05, 4.69) is 24.9 Å². The number of carbonyl (C=O) groups is 1. The molecule has 5 nitrogen and oxygen atoms in total. The summed E-state index contributed by atoms with van der Waals surface area (Å²) in [5, 5.41) is 0. The number of carbonyl (C=O) groups excluding carboxylic acids is 1. The van der Waals surface area contributed by atoms with Crippen molar-refractivity contribution in [3.05, 3.63) is 98.2 Å². The number of hydrogen-bond acceptors (Lipinski definition) is 3. The molecule has 200 valence electrons. The summed E-state index contributed by atoms with van der Waals surface area (Å²) in [5.41, 5.74) is -0.456. The third-order valence-corrected chi connectivity index (χ3v) is 7.49. The minimum atomic E-state index is -4.83. The van der Waals surface area contributed by atoms with Crippen LogP contribution in [0.1, 0.15) is 71.9 Å². The van der Waals surface area contributed by atoms with Crippen LogP contribution in [-0.2, 0) is 35.3 Å². The first-order valence-electron chi connectivity index (χ1n) is 12.4. The Bertz CT molecular complexity index is 1460. The smallest absolute Gasteiger partial charge is 0.332 e. The van der Waals surface area contributed by atoms with Crippen LogP contribution in [0.2, 0.25) is 0 Å². The first kappa shape index (κ1) is 26.1. The minimum absolute atomic E-state index is 0.0821. The molecule has 1 fully saturated rings. The summed E-state index contributed by atoms with van der Waals surface area (Å²) < 4.78 is 69.1. The molecule has 2 aromatic carbocycles. The lowest BCUT2D eigenvalue weighted by molar-refractivity contribution is -0.160. The van der Waals surface area contributed by atoms with E-state index >= 15 is 8.78 Å². The van der Waals surface area contributed by atoms with Crippen LogP contribution < -0.4 is 5.56 Å². The second-order valence-electron chi connectivity index (χ2n) is 10.3. The number of halogens is 5. The third kappa shape index (κ3) is 4.50. The molecule has 0 radical (unpaired) electrons. The van der Waals surface area contributed by atoms with Gasteiger partial charge < -0.3 is 9.88 Å². The van der Waals surface area contributed by atoms with Gasteiger partial charge in [-0.15, -0.1) is 0 Å². The first-order valence-corrected chi connectivity index (χ1v) is 12.4. The Labute approximate surface area is 215 Å². The summed E-state index contributed by atoms with van der Waals surface area (Å²) in [5.74, 6) is -5.00. The van der Waals surface area contributed by atoms with Crippen molar-refractivity contribution in [3.63, 3.8) is 0 Å². The average Bonchev–Trinajstić information content (AvgIpc) is 3.70. The fraction of sp³-hybridized carbons (Fsp3) is 0.393. The number of fused-ring (bicyclic) bond motifs is 1. The molecule has 0 atom stereocenters. The van der Waals surface area contributed by atoms with Crippen molar-refractivity contribution >= 4 is 5.91 Å². The summed E-state index contributed by atoms with van der Waals surface area (Å²) in [6.45, 7) is 3.66. The number of H-pyrrole nitrogens is 1. The SMILES string of the molecule is CC(C)c1cccc(C2(c3nc4c(c(=O)[nH]3)CN(C(=O)C(F)(F)c3cccc(C(F)(F)F)c3)CC4)CC2)c1. The molecule has 1 aliphatic heterocycles. The third-order valence-electron chi connectivity index (χ3n) is 7.49. The number of aromatic amines is 1. The highest BCUT2D eigenvalue weighted by Crippen LogP contribution is 2.52. The lowest BCUT2D eigenvalue weighted by atomic mass is 9.90. The maximum absolute atomic E-state index is 15.0. The van der Waals surface area contributed by atoms with Crippen molar-refractivity contribution in [2.24, 2.45) is 0 Å². The van der Waals surface area contributed by atoms with E-state index in [9.17, 15) is 22.8 Å². The van der Waals surface area contributed by atoms with Crippen molar-refractivity contribution in [3.8, 4) is 0 Å². The highest BCUT2D eigenvalue weighted by atomic mass is 19.4. The highest BCUT2D eigenvalue weighted by Gasteiger charge is 2.50. The second kappa shape index (κ2) is 9.03. The van der Waals surface area contributed by atoms with Crippen molar-refractivity contribution in [1.29, 1.82) is 0 Å². The average molecular weight is 532 g/mol. The van der Waals surface area contributed by atoms with Gasteiger partial charge in [0.1, 0.15) is 5.82 Å². The first-order chi connectivity index (χ1) is 17.8. The van der Waals surface area contributed by atoms with Gasteiger partial charge in [0.15, 0.2) is 0 Å². The quantitative estimate of drug-likeness (QED) is 0.432. The Kier molecular flexibility index (Phi) is 6.19. The molecule has 0 bridgehead atoms. The van der Waals surface area contributed by atoms with Gasteiger partial charge >= 0.3 is 12.1 Å². The Morgan fingerprint density at radius 2 is 1.71 bits per heavy atom. The van der Waals surface area contributed by atoms with Gasteiger partial charge in [-0.05, 0) is 42.0 Å². The van der Waals surface area contributed by atoms with E-state index in [1.807, 2.05) is 18.2 Å². The van der Waals surface area contributed by atoms with E-state index in [-0.39, 0.29) is 24.6 Å². The van der Waals surface area contributed by atoms with E-state index in [0.717, 1.165) is 35.4 Å². The molecule has 1 saturated carbocycles. The fourth-order valence-electron chi connectivity index (χ4n) is 5.02. The second-order valence-corrected chi connectivity index (χ2v) is 10.3. The van der Waals surface area contributed by atoms with Gasteiger partial charge in [0, 0.05) is 18.5 Å². The van der Waals surface area contributed by atoms with E-state index in [1.165, 1.54) is 5.56 Å². The maximum Gasteiger partial charge on any atom is 0.416 e. The van der Waals surface area contributed by atoms with Crippen LogP contribution in [0.25, 0.3) is 0 Å². The van der Waals surface area contributed by atoms with Gasteiger partial charge in [-0.1, -0.05) is 50.2 Å². The van der Waals surface area contributed by atoms with Gasteiger partial charge in [-0.3, -0.25) is 9.59 Å². The Balaban J connectivity index is 1.41. The molecule has 0 saturated heterocycles. The monoisotopic (exact) mass is 531 g/mol. The van der Waals surface area contributed by atoms with Crippen LogP contribution in [0.5, 0.6) is 0 Å². The van der Waals surface area contributed by atoms with Gasteiger partial charge in [-0.25, -0.2) is 4.98 Å². The molecular weight excluding hydrogens is 505 g/mol. The Hall–Kier alpha value is -3.56. The predicted molar refractivity (Wildman–Crippen MR) is 130 cm³/mol. The number of rotatable bonds is 5. The molecule has 3 aromatic rings. The Morgan fingerprint density at radius 1 is 1.03 bits per heavy atom. The zero-order valence-corrected chi connectivity index (χ0v) is 20.8. The molecule has 1 aromatic heterocycles. The van der Waals surface area contributed by atoms with Crippen LogP contribution in [0.15, 0.2) is 53.3 Å². The molecule has 38 heavy (non-hydrogen) atoms. The van der Waals surface area contributed by atoms with Gasteiger partial charge in [0.25, 0.3) is 11.5 Å². The summed E-state index contributed by atoms with van der Waals surface area (Å²) in [4.78, 5) is 34.2. The number of aromatic nitrogens is 2. The Morgan fingerprint density at radius 3 is 2.37 bits per heavy atom. The van der Waals surface area contributed by atoms with Crippen molar-refractivity contribution in [2.75, 3.05) is 6.54 Å². The molecular formula is C28H26F5N3O2. The van der Waals surface area contributed by atoms with Crippen LogP contribution in [0.3, 0.4) is 0 Å². The number of hydrogen-bond donors (Lipinski definition) is 1. The molecule has 1 amide bonds. The topological polar surface area (TPSA) is 66.1 Å². The number of nitrogens with zero attached hydrogens (tertiary/aromatic N) is 2. The largest absolute Gasteiger partial charge is 0.416 e. The summed E-state index contributed by atoms with van der Waals surface area (Å²) in [7, 11) is 0. The van der Waals surface area contributed by atoms with E-state index < -0.39 is 46.7 Å². The van der Waals surface area contributed by atoms with Gasteiger partial charge in [-0.2, -0.15) is 22.0 Å². The van der Waals surface area contributed by atoms with Crippen molar-refractivity contribution < 1.29 is 26.7 Å². The molecule has 2 aliphatic rings. The number of alkyl halides is 5. The summed E-state index contributed by atoms with van der Waals surface area (Å²) >= 11 is 0. The molecule has 0 spiro atoms. The normalized spacial score (nSPS) is 16.9. The minimum Gasteiger partial charge on any atom is -0.332 e. The molecule has 5 rings (SSSR count).